The molecule has 0 fully saturated rings. The number of rotatable bonds is 9. The second kappa shape index (κ2) is 16.3. The predicted molar refractivity (Wildman–Crippen MR) is 279 cm³/mol. The van der Waals surface area contributed by atoms with Crippen molar-refractivity contribution in [3.8, 4) is 5.69 Å². The first-order chi connectivity index (χ1) is 32.8. The van der Waals surface area contributed by atoms with Gasteiger partial charge in [0.25, 0.3) is 0 Å². The van der Waals surface area contributed by atoms with Crippen molar-refractivity contribution in [2.75, 3.05) is 65.9 Å². The fourth-order valence-electron chi connectivity index (χ4n) is 9.47. The zero-order valence-corrected chi connectivity index (χ0v) is 38.3. The van der Waals surface area contributed by atoms with Crippen molar-refractivity contribution in [1.82, 2.24) is 9.55 Å². The lowest BCUT2D eigenvalue weighted by Gasteiger charge is -2.25. The highest BCUT2D eigenvalue weighted by Crippen LogP contribution is 2.40. The fraction of sp³-hybridized carbons (Fsp3) is 0.140. The molecule has 0 atom stereocenters. The molecule has 12 rings (SSSR count). The molecule has 0 N–H and O–H groups in total. The van der Waals surface area contributed by atoms with Crippen LogP contribution in [0.4, 0.5) is 45.8 Å². The molecule has 4 aliphatic heterocycles. The van der Waals surface area contributed by atoms with Gasteiger partial charge in [-0.2, -0.15) is 0 Å². The summed E-state index contributed by atoms with van der Waals surface area (Å²) >= 11 is 0. The number of anilines is 8. The highest BCUT2D eigenvalue weighted by atomic mass is 15.4. The minimum atomic E-state index is 0.642. The normalized spacial score (nSPS) is 15.6. The summed E-state index contributed by atoms with van der Waals surface area (Å²) < 4.78 is 2.45. The first kappa shape index (κ1) is 40.2. The van der Waals surface area contributed by atoms with Crippen LogP contribution in [-0.4, -0.2) is 36.2 Å². The Morgan fingerprint density at radius 1 is 0.284 bits per heavy atom. The summed E-state index contributed by atoms with van der Waals surface area (Å²) in [5.74, 6) is 1.74. The summed E-state index contributed by atoms with van der Waals surface area (Å²) in [6.45, 7) is 11.2. The lowest BCUT2D eigenvalue weighted by molar-refractivity contribution is 0.922. The molecule has 0 spiro atoms. The maximum Gasteiger partial charge on any atom is 0.138 e. The molecule has 8 aromatic rings. The van der Waals surface area contributed by atoms with E-state index in [-0.39, 0.29) is 0 Å². The van der Waals surface area contributed by atoms with E-state index >= 15 is 0 Å². The number of aromatic nitrogens is 2. The lowest BCUT2D eigenvalue weighted by Crippen LogP contribution is -2.27. The molecule has 67 heavy (non-hydrogen) atoms. The van der Waals surface area contributed by atoms with Gasteiger partial charge in [-0.3, -0.25) is 0 Å². The molecular formula is C57H52N10. The van der Waals surface area contributed by atoms with E-state index in [2.05, 4.69) is 267 Å². The number of hydrogen-bond donors (Lipinski definition) is 0. The molecule has 0 radical (unpaired) electrons. The summed E-state index contributed by atoms with van der Waals surface area (Å²) in [5, 5.41) is 2.39. The Morgan fingerprint density at radius 3 is 0.881 bits per heavy atom. The molecule has 0 bridgehead atoms. The van der Waals surface area contributed by atoms with Gasteiger partial charge in [0.1, 0.15) is 25.0 Å². The van der Waals surface area contributed by atoms with Crippen molar-refractivity contribution < 1.29 is 0 Å². The van der Waals surface area contributed by atoms with E-state index in [1.807, 2.05) is 0 Å². The molecule has 4 aliphatic rings. The number of benzene rings is 6. The summed E-state index contributed by atoms with van der Waals surface area (Å²) in [6, 6.07) is 53.3. The maximum absolute atomic E-state index is 5.44. The van der Waals surface area contributed by atoms with Gasteiger partial charge in [-0.1, -0.05) is 82.9 Å². The molecule has 6 aromatic carbocycles. The van der Waals surface area contributed by atoms with E-state index in [9.17, 15) is 0 Å². The Hall–Kier alpha value is -8.37. The standard InChI is InChI=1S/C57H52N10/c1-41-5-13-45(14-6-41)59-25-27-63(37-59)49-21-23-52-53-24-22-50(64-28-26-60(38-64)46-15-7-42(2)8-16-46)34-55(53)67(54(52)33-49)51-35-56(65-31-29-61(39-65)47-17-9-43(3)10-18-47)58-57(36-51)66-32-30-62(40-66)48-19-11-44(4)12-20-48/h5-36H,37-40H2,1-4H3. The minimum Gasteiger partial charge on any atom is -0.328 e. The van der Waals surface area contributed by atoms with E-state index < -0.39 is 0 Å². The number of pyridine rings is 1. The summed E-state index contributed by atoms with van der Waals surface area (Å²) in [5.41, 5.74) is 15.2. The Labute approximate surface area is 392 Å². The summed E-state index contributed by atoms with van der Waals surface area (Å²) in [7, 11) is 0. The van der Waals surface area contributed by atoms with E-state index in [1.54, 1.807) is 0 Å². The summed E-state index contributed by atoms with van der Waals surface area (Å²) in [4.78, 5) is 23.7. The van der Waals surface area contributed by atoms with Gasteiger partial charge in [0.15, 0.2) is 0 Å². The van der Waals surface area contributed by atoms with Crippen molar-refractivity contribution in [3.05, 3.63) is 217 Å². The average Bonchev–Trinajstić information content (AvgIpc) is 4.22. The smallest absolute Gasteiger partial charge is 0.138 e. The third-order valence-electron chi connectivity index (χ3n) is 13.4. The third-order valence-corrected chi connectivity index (χ3v) is 13.4. The first-order valence-corrected chi connectivity index (χ1v) is 23.0. The quantitative estimate of drug-likeness (QED) is 0.141. The largest absolute Gasteiger partial charge is 0.328 e. The molecule has 330 valence electrons. The van der Waals surface area contributed by atoms with Crippen LogP contribution in [0.3, 0.4) is 0 Å². The van der Waals surface area contributed by atoms with Crippen LogP contribution in [0.5, 0.6) is 0 Å². The second-order valence-electron chi connectivity index (χ2n) is 18.1. The SMILES string of the molecule is Cc1ccc(N2C=CN(c3ccc4c5ccc(N6C=CN(c7ccc(C)cc7)C6)cc5n(-c5cc(N6C=CN(c7ccc(C)cc7)C6)nc(N6C=CN(c7ccc(C)cc7)C6)c5)c4c3)C2)cc1. The Morgan fingerprint density at radius 2 is 0.552 bits per heavy atom. The highest BCUT2D eigenvalue weighted by molar-refractivity contribution is 6.11. The molecule has 6 heterocycles. The lowest BCUT2D eigenvalue weighted by atomic mass is 10.1. The van der Waals surface area contributed by atoms with Gasteiger partial charge in [-0.25, -0.2) is 4.98 Å². The fourth-order valence-corrected chi connectivity index (χ4v) is 9.47. The third kappa shape index (κ3) is 7.56. The van der Waals surface area contributed by atoms with Crippen molar-refractivity contribution in [3.63, 3.8) is 0 Å². The first-order valence-electron chi connectivity index (χ1n) is 23.0. The van der Waals surface area contributed by atoms with Crippen molar-refractivity contribution in [2.24, 2.45) is 0 Å². The van der Waals surface area contributed by atoms with Crippen LogP contribution in [0, 0.1) is 27.7 Å². The van der Waals surface area contributed by atoms with Gasteiger partial charge in [-0.05, 0) is 100 Å². The molecule has 0 saturated heterocycles. The minimum absolute atomic E-state index is 0.642. The van der Waals surface area contributed by atoms with Gasteiger partial charge in [0.2, 0.25) is 0 Å². The zero-order valence-electron chi connectivity index (χ0n) is 38.3. The summed E-state index contributed by atoms with van der Waals surface area (Å²) in [6.07, 6.45) is 17.3. The van der Waals surface area contributed by atoms with Crippen LogP contribution in [0.2, 0.25) is 0 Å². The number of nitrogens with zero attached hydrogens (tertiary/aromatic N) is 10. The Balaban J connectivity index is 0.977. The van der Waals surface area contributed by atoms with Crippen molar-refractivity contribution >= 4 is 67.6 Å². The topological polar surface area (TPSA) is 43.7 Å². The van der Waals surface area contributed by atoms with E-state index in [1.165, 1.54) is 44.4 Å². The number of fused-ring (bicyclic) bond motifs is 3. The van der Waals surface area contributed by atoms with E-state index in [0.717, 1.165) is 64.4 Å². The Kier molecular flexibility index (Phi) is 9.74. The van der Waals surface area contributed by atoms with Gasteiger partial charge in [-0.15, -0.1) is 0 Å². The highest BCUT2D eigenvalue weighted by Gasteiger charge is 2.25. The van der Waals surface area contributed by atoms with Crippen molar-refractivity contribution in [2.45, 2.75) is 27.7 Å². The van der Waals surface area contributed by atoms with E-state index in [4.69, 9.17) is 4.98 Å². The molecule has 0 amide bonds. The molecule has 0 unspecified atom stereocenters. The average molecular weight is 877 g/mol. The molecule has 0 aliphatic carbocycles. The molecule has 2 aromatic heterocycles. The van der Waals surface area contributed by atoms with Crippen LogP contribution in [0.1, 0.15) is 22.3 Å². The van der Waals surface area contributed by atoms with Crippen molar-refractivity contribution in [1.29, 1.82) is 0 Å². The molecule has 0 saturated carbocycles. The van der Waals surface area contributed by atoms with Gasteiger partial charge >= 0.3 is 0 Å². The maximum atomic E-state index is 5.44. The monoisotopic (exact) mass is 876 g/mol. The van der Waals surface area contributed by atoms with Gasteiger partial charge < -0.3 is 43.8 Å². The van der Waals surface area contributed by atoms with Gasteiger partial charge in [0.05, 0.1) is 30.1 Å². The zero-order chi connectivity index (χ0) is 45.2. The van der Waals surface area contributed by atoms with Crippen LogP contribution in [-0.2, 0) is 0 Å². The van der Waals surface area contributed by atoms with Crippen LogP contribution in [0.15, 0.2) is 195 Å². The second-order valence-corrected chi connectivity index (χ2v) is 18.1. The molecule has 10 heteroatoms. The van der Waals surface area contributed by atoms with Gasteiger partial charge in [0, 0.05) is 107 Å². The predicted octanol–water partition coefficient (Wildman–Crippen LogP) is 12.4. The molecular weight excluding hydrogens is 825 g/mol. The Bertz CT molecular complexity index is 3060. The van der Waals surface area contributed by atoms with Crippen LogP contribution >= 0.6 is 0 Å². The number of hydrogen-bond acceptors (Lipinski definition) is 9. The van der Waals surface area contributed by atoms with E-state index in [0.29, 0.717) is 13.3 Å². The number of aryl methyl sites for hydroxylation is 4. The van der Waals surface area contributed by atoms with Crippen LogP contribution in [0.25, 0.3) is 27.5 Å². The molecule has 10 nitrogen and oxygen atoms in total. The van der Waals surface area contributed by atoms with Crippen LogP contribution < -0.4 is 39.2 Å².